The van der Waals surface area contributed by atoms with Gasteiger partial charge in [0.05, 0.1) is 13.2 Å². The number of hydrogen-bond donors (Lipinski definition) is 1. The number of amides is 2. The van der Waals surface area contributed by atoms with Gasteiger partial charge < -0.3 is 15.0 Å². The first kappa shape index (κ1) is 16.5. The number of carbonyl (C=O) groups is 1. The molecule has 1 aliphatic heterocycles. The predicted molar refractivity (Wildman–Crippen MR) is 101 cm³/mol. The average Bonchev–Trinajstić information content (AvgIpc) is 3.14. The summed E-state index contributed by atoms with van der Waals surface area (Å²) in [6, 6.07) is 9.02. The largest absolute Gasteiger partial charge is 0.497 e. The molecule has 1 N–H and O–H groups in total. The topological polar surface area (TPSA) is 41.6 Å². The number of nitrogens with one attached hydrogen (secondary N) is 1. The van der Waals surface area contributed by atoms with Crippen molar-refractivity contribution in [3.05, 3.63) is 29.8 Å². The fourth-order valence-corrected chi connectivity index (χ4v) is 6.57. The summed E-state index contributed by atoms with van der Waals surface area (Å²) < 4.78 is 5.27. The molecule has 1 saturated heterocycles. The number of urea groups is 1. The molecule has 4 saturated carbocycles. The summed E-state index contributed by atoms with van der Waals surface area (Å²) in [6.45, 7) is 0.871. The molecule has 5 fully saturated rings. The van der Waals surface area contributed by atoms with Crippen LogP contribution in [0.4, 0.5) is 4.79 Å². The molecule has 1 aromatic rings. The SMILES string of the molecule is COc1ccc(C2CCCN2C(=O)NC2C3CC4CC(C3)CC2C4)cc1. The second-order valence-corrected chi connectivity index (χ2v) is 9.03. The van der Waals surface area contributed by atoms with Gasteiger partial charge in [-0.2, -0.15) is 0 Å². The van der Waals surface area contributed by atoms with E-state index in [9.17, 15) is 4.79 Å². The molecule has 1 unspecified atom stereocenters. The zero-order valence-electron chi connectivity index (χ0n) is 15.7. The highest BCUT2D eigenvalue weighted by Crippen LogP contribution is 2.53. The Bertz CT molecular complexity index is 643. The van der Waals surface area contributed by atoms with E-state index in [-0.39, 0.29) is 12.1 Å². The van der Waals surface area contributed by atoms with E-state index in [2.05, 4.69) is 22.3 Å². The second-order valence-electron chi connectivity index (χ2n) is 9.03. The molecule has 2 amide bonds. The first-order valence-corrected chi connectivity index (χ1v) is 10.4. The molecular formula is C22H30N2O2. The monoisotopic (exact) mass is 354 g/mol. The molecule has 26 heavy (non-hydrogen) atoms. The number of methoxy groups -OCH3 is 1. The lowest BCUT2D eigenvalue weighted by atomic mass is 9.54. The smallest absolute Gasteiger partial charge is 0.318 e. The van der Waals surface area contributed by atoms with Gasteiger partial charge in [0.15, 0.2) is 0 Å². The number of nitrogens with zero attached hydrogens (tertiary/aromatic N) is 1. The predicted octanol–water partition coefficient (Wildman–Crippen LogP) is 4.37. The van der Waals surface area contributed by atoms with Crippen molar-refractivity contribution in [2.45, 2.75) is 57.0 Å². The highest BCUT2D eigenvalue weighted by Gasteiger charge is 2.49. The van der Waals surface area contributed by atoms with Gasteiger partial charge in [-0.3, -0.25) is 0 Å². The maximum atomic E-state index is 13.1. The number of hydrogen-bond acceptors (Lipinski definition) is 2. The third kappa shape index (κ3) is 2.78. The van der Waals surface area contributed by atoms with Crippen molar-refractivity contribution in [2.75, 3.05) is 13.7 Å². The van der Waals surface area contributed by atoms with Crippen molar-refractivity contribution in [3.8, 4) is 5.75 Å². The van der Waals surface area contributed by atoms with E-state index in [1.54, 1.807) is 7.11 Å². The van der Waals surface area contributed by atoms with E-state index in [0.29, 0.717) is 6.04 Å². The molecule has 4 bridgehead atoms. The number of benzene rings is 1. The highest BCUT2D eigenvalue weighted by molar-refractivity contribution is 5.75. The molecule has 1 atom stereocenters. The molecule has 4 aliphatic carbocycles. The van der Waals surface area contributed by atoms with Gasteiger partial charge in [-0.25, -0.2) is 4.79 Å². The molecule has 4 nitrogen and oxygen atoms in total. The number of carbonyl (C=O) groups excluding carboxylic acids is 1. The standard InChI is InChI=1S/C22H30N2O2/c1-26-19-6-4-16(5-7-19)20-3-2-8-24(20)22(25)23-21-17-10-14-9-15(12-17)13-18(21)11-14/h4-7,14-15,17-18,20-21H,2-3,8-13H2,1H3,(H,23,25). The van der Waals surface area contributed by atoms with Gasteiger partial charge in [0.1, 0.15) is 5.75 Å². The van der Waals surface area contributed by atoms with Crippen LogP contribution in [0.25, 0.3) is 0 Å². The molecule has 0 spiro atoms. The maximum absolute atomic E-state index is 13.1. The van der Waals surface area contributed by atoms with Crippen LogP contribution in [-0.2, 0) is 0 Å². The Kier molecular flexibility index (Phi) is 4.10. The van der Waals surface area contributed by atoms with Gasteiger partial charge >= 0.3 is 6.03 Å². The van der Waals surface area contributed by atoms with Crippen LogP contribution in [0.15, 0.2) is 24.3 Å². The Morgan fingerprint density at radius 2 is 1.69 bits per heavy atom. The molecule has 6 rings (SSSR count). The van der Waals surface area contributed by atoms with Gasteiger partial charge in [-0.05, 0) is 86.3 Å². The van der Waals surface area contributed by atoms with Gasteiger partial charge in [0.2, 0.25) is 0 Å². The summed E-state index contributed by atoms with van der Waals surface area (Å²) in [6.07, 6.45) is 8.99. The summed E-state index contributed by atoms with van der Waals surface area (Å²) in [5.41, 5.74) is 1.23. The first-order chi connectivity index (χ1) is 12.7. The van der Waals surface area contributed by atoms with Gasteiger partial charge in [-0.1, -0.05) is 12.1 Å². The Morgan fingerprint density at radius 1 is 1.04 bits per heavy atom. The molecule has 140 valence electrons. The molecule has 4 heteroatoms. The van der Waals surface area contributed by atoms with E-state index in [1.165, 1.54) is 37.7 Å². The van der Waals surface area contributed by atoms with Crippen molar-refractivity contribution in [2.24, 2.45) is 23.7 Å². The van der Waals surface area contributed by atoms with Crippen LogP contribution in [0.1, 0.15) is 56.6 Å². The Morgan fingerprint density at radius 3 is 2.31 bits per heavy atom. The Balaban J connectivity index is 1.28. The Labute approximate surface area is 156 Å². The van der Waals surface area contributed by atoms with Crippen molar-refractivity contribution in [3.63, 3.8) is 0 Å². The van der Waals surface area contributed by atoms with Crippen LogP contribution in [0.5, 0.6) is 5.75 Å². The molecule has 0 aromatic heterocycles. The zero-order valence-corrected chi connectivity index (χ0v) is 15.7. The van der Waals surface area contributed by atoms with Crippen molar-refractivity contribution in [1.29, 1.82) is 0 Å². The Hall–Kier alpha value is -1.71. The van der Waals surface area contributed by atoms with E-state index >= 15 is 0 Å². The summed E-state index contributed by atoms with van der Waals surface area (Å²) in [5.74, 6) is 4.24. The molecule has 5 aliphatic rings. The van der Waals surface area contributed by atoms with Crippen molar-refractivity contribution < 1.29 is 9.53 Å². The summed E-state index contributed by atoms with van der Waals surface area (Å²) in [4.78, 5) is 15.2. The van der Waals surface area contributed by atoms with Crippen molar-refractivity contribution in [1.82, 2.24) is 10.2 Å². The molecule has 1 heterocycles. The summed E-state index contributed by atoms with van der Waals surface area (Å²) in [5, 5.41) is 3.49. The molecule has 0 radical (unpaired) electrons. The highest BCUT2D eigenvalue weighted by atomic mass is 16.5. The number of ether oxygens (including phenoxy) is 1. The second kappa shape index (κ2) is 6.47. The average molecular weight is 354 g/mol. The van der Waals surface area contributed by atoms with Gasteiger partial charge in [-0.15, -0.1) is 0 Å². The van der Waals surface area contributed by atoms with Crippen LogP contribution < -0.4 is 10.1 Å². The molecule has 1 aromatic carbocycles. The fraction of sp³-hybridized carbons (Fsp3) is 0.682. The summed E-state index contributed by atoms with van der Waals surface area (Å²) >= 11 is 0. The van der Waals surface area contributed by atoms with E-state index in [4.69, 9.17) is 4.74 Å². The van der Waals surface area contributed by atoms with Crippen LogP contribution in [-0.4, -0.2) is 30.6 Å². The summed E-state index contributed by atoms with van der Waals surface area (Å²) in [7, 11) is 1.69. The van der Waals surface area contributed by atoms with Crippen molar-refractivity contribution >= 4 is 6.03 Å². The lowest BCUT2D eigenvalue weighted by molar-refractivity contribution is -0.0112. The number of likely N-dealkylation sites (tertiary alicyclic amines) is 1. The van der Waals surface area contributed by atoms with E-state index in [0.717, 1.165) is 48.8 Å². The van der Waals surface area contributed by atoms with Crippen LogP contribution in [0.3, 0.4) is 0 Å². The number of rotatable bonds is 3. The van der Waals surface area contributed by atoms with Gasteiger partial charge in [0.25, 0.3) is 0 Å². The third-order valence-electron chi connectivity index (χ3n) is 7.53. The quantitative estimate of drug-likeness (QED) is 0.876. The minimum absolute atomic E-state index is 0.167. The van der Waals surface area contributed by atoms with Gasteiger partial charge in [0, 0.05) is 12.6 Å². The first-order valence-electron chi connectivity index (χ1n) is 10.4. The van der Waals surface area contributed by atoms with Crippen LogP contribution in [0, 0.1) is 23.7 Å². The third-order valence-corrected chi connectivity index (χ3v) is 7.53. The minimum atomic E-state index is 0.167. The van der Waals surface area contributed by atoms with Crippen LogP contribution in [0.2, 0.25) is 0 Å². The minimum Gasteiger partial charge on any atom is -0.497 e. The van der Waals surface area contributed by atoms with Crippen LogP contribution >= 0.6 is 0 Å². The van der Waals surface area contributed by atoms with E-state index < -0.39 is 0 Å². The molecular weight excluding hydrogens is 324 g/mol. The normalized spacial score (nSPS) is 37.8. The maximum Gasteiger partial charge on any atom is 0.318 e. The lowest BCUT2D eigenvalue weighted by Gasteiger charge is -2.54. The fourth-order valence-electron chi connectivity index (χ4n) is 6.57. The van der Waals surface area contributed by atoms with E-state index in [1.807, 2.05) is 12.1 Å². The lowest BCUT2D eigenvalue weighted by Crippen LogP contribution is -2.57. The zero-order chi connectivity index (χ0) is 17.7.